The van der Waals surface area contributed by atoms with E-state index in [-0.39, 0.29) is 29.3 Å². The lowest BCUT2D eigenvalue weighted by atomic mass is 10.1. The number of piperidine rings is 1. The van der Waals surface area contributed by atoms with E-state index < -0.39 is 10.0 Å². The smallest absolute Gasteiger partial charge is 0.254 e. The zero-order chi connectivity index (χ0) is 23.3. The molecule has 1 atom stereocenters. The molecule has 1 aromatic rings. The summed E-state index contributed by atoms with van der Waals surface area (Å²) in [6, 6.07) is 4.81. The Balaban J connectivity index is 1.69. The minimum Gasteiger partial charge on any atom is -0.352 e. The topological polar surface area (TPSA) is 90.0 Å². The van der Waals surface area contributed by atoms with Gasteiger partial charge in [0.25, 0.3) is 5.91 Å². The van der Waals surface area contributed by atoms with Gasteiger partial charge in [0, 0.05) is 50.9 Å². The Morgan fingerprint density at radius 3 is 2.53 bits per heavy atom. The number of nitrogens with zero attached hydrogens (tertiary/aromatic N) is 3. The first-order valence-corrected chi connectivity index (χ1v) is 12.7. The molecule has 0 aliphatic carbocycles. The van der Waals surface area contributed by atoms with Crippen molar-refractivity contribution in [3.63, 3.8) is 0 Å². The summed E-state index contributed by atoms with van der Waals surface area (Å²) in [6.45, 7) is 10.8. The van der Waals surface area contributed by atoms with E-state index in [4.69, 9.17) is 0 Å². The Bertz CT molecular complexity index is 955. The minimum atomic E-state index is -3.64. The monoisotopic (exact) mass is 462 g/mol. The molecule has 2 heterocycles. The number of carbonyl (C=O) groups is 2. The highest BCUT2D eigenvalue weighted by molar-refractivity contribution is 7.89. The van der Waals surface area contributed by atoms with Gasteiger partial charge < -0.3 is 10.2 Å². The summed E-state index contributed by atoms with van der Waals surface area (Å²) in [6.07, 6.45) is 4.38. The van der Waals surface area contributed by atoms with E-state index in [1.165, 1.54) is 6.07 Å². The molecule has 0 aromatic heterocycles. The first kappa shape index (κ1) is 24.4. The van der Waals surface area contributed by atoms with Gasteiger partial charge in [0.05, 0.1) is 11.4 Å². The van der Waals surface area contributed by atoms with Crippen molar-refractivity contribution in [2.75, 3.05) is 45.8 Å². The van der Waals surface area contributed by atoms with Crippen LogP contribution in [0.1, 0.15) is 42.1 Å². The second-order valence-corrected chi connectivity index (χ2v) is 10.5. The number of benzene rings is 1. The maximum atomic E-state index is 13.2. The second kappa shape index (κ2) is 10.6. The highest BCUT2D eigenvalue weighted by Gasteiger charge is 2.32. The average molecular weight is 463 g/mol. The molecule has 0 bridgehead atoms. The molecule has 2 fully saturated rings. The van der Waals surface area contributed by atoms with Crippen molar-refractivity contribution in [2.45, 2.75) is 44.0 Å². The number of hydrogen-bond donors (Lipinski definition) is 1. The number of sulfonamides is 1. The summed E-state index contributed by atoms with van der Waals surface area (Å²) in [5.74, 6) is -0.229. The first-order valence-electron chi connectivity index (χ1n) is 11.3. The van der Waals surface area contributed by atoms with Crippen LogP contribution in [0.3, 0.4) is 0 Å². The Hall–Kier alpha value is -2.23. The van der Waals surface area contributed by atoms with Crippen LogP contribution in [0.4, 0.5) is 0 Å². The molecular weight excluding hydrogens is 428 g/mol. The molecule has 0 spiro atoms. The molecule has 1 aromatic carbocycles. The minimum absolute atomic E-state index is 0.0361. The lowest BCUT2D eigenvalue weighted by Gasteiger charge is -2.35. The number of hydrogen-bond acceptors (Lipinski definition) is 5. The normalized spacial score (nSPS) is 20.7. The number of piperazine rings is 1. The lowest BCUT2D eigenvalue weighted by molar-refractivity contribution is -0.122. The second-order valence-electron chi connectivity index (χ2n) is 8.60. The molecule has 2 aliphatic rings. The molecule has 1 unspecified atom stereocenters. The summed E-state index contributed by atoms with van der Waals surface area (Å²) < 4.78 is 28.0. The Kier molecular flexibility index (Phi) is 8.08. The third-order valence-electron chi connectivity index (χ3n) is 6.26. The van der Waals surface area contributed by atoms with E-state index in [1.807, 2.05) is 18.7 Å². The van der Waals surface area contributed by atoms with E-state index in [2.05, 4.69) is 11.9 Å². The summed E-state index contributed by atoms with van der Waals surface area (Å²) in [4.78, 5) is 29.0. The van der Waals surface area contributed by atoms with Crippen molar-refractivity contribution >= 4 is 21.8 Å². The summed E-state index contributed by atoms with van der Waals surface area (Å²) in [5.41, 5.74) is 1.18. The third kappa shape index (κ3) is 5.57. The average Bonchev–Trinajstić information content (AvgIpc) is 2.78. The number of amides is 2. The van der Waals surface area contributed by atoms with E-state index >= 15 is 0 Å². The van der Waals surface area contributed by atoms with Crippen LogP contribution >= 0.6 is 0 Å². The zero-order valence-corrected chi connectivity index (χ0v) is 19.9. The van der Waals surface area contributed by atoms with E-state index in [9.17, 15) is 18.0 Å². The van der Waals surface area contributed by atoms with Gasteiger partial charge in [-0.2, -0.15) is 4.31 Å². The first-order chi connectivity index (χ1) is 15.2. The van der Waals surface area contributed by atoms with Crippen molar-refractivity contribution in [3.8, 4) is 0 Å². The predicted octanol–water partition coefficient (Wildman–Crippen LogP) is 1.62. The number of nitrogens with one attached hydrogen (secondary N) is 1. The fourth-order valence-corrected chi connectivity index (χ4v) is 6.01. The molecule has 3 rings (SSSR count). The Labute approximate surface area is 191 Å². The molecular formula is C23H34N4O4S. The van der Waals surface area contributed by atoms with E-state index in [1.54, 1.807) is 27.4 Å². The van der Waals surface area contributed by atoms with Gasteiger partial charge in [0.15, 0.2) is 0 Å². The Morgan fingerprint density at radius 1 is 1.16 bits per heavy atom. The third-order valence-corrected chi connectivity index (χ3v) is 8.27. The molecule has 1 N–H and O–H groups in total. The maximum Gasteiger partial charge on any atom is 0.254 e. The predicted molar refractivity (Wildman–Crippen MR) is 124 cm³/mol. The quantitative estimate of drug-likeness (QED) is 0.622. The summed E-state index contributed by atoms with van der Waals surface area (Å²) >= 11 is 0. The van der Waals surface area contributed by atoms with Crippen molar-refractivity contribution < 1.29 is 18.0 Å². The van der Waals surface area contributed by atoms with Crippen LogP contribution in [-0.4, -0.2) is 86.2 Å². The highest BCUT2D eigenvalue weighted by Crippen LogP contribution is 2.27. The SMILES string of the molecule is C=CCNC(=O)CN1CCN(C(=O)c2cc(S(=O)(=O)N3CCCCC3C)ccc2C)CC1. The number of aryl methyl sites for hydroxylation is 1. The van der Waals surface area contributed by atoms with Gasteiger partial charge in [-0.25, -0.2) is 8.42 Å². The largest absolute Gasteiger partial charge is 0.352 e. The van der Waals surface area contributed by atoms with Gasteiger partial charge in [-0.1, -0.05) is 18.6 Å². The summed E-state index contributed by atoms with van der Waals surface area (Å²) in [7, 11) is -3.64. The molecule has 0 saturated carbocycles. The maximum absolute atomic E-state index is 13.2. The highest BCUT2D eigenvalue weighted by atomic mass is 32.2. The molecule has 32 heavy (non-hydrogen) atoms. The van der Waals surface area contributed by atoms with Gasteiger partial charge in [-0.3, -0.25) is 14.5 Å². The van der Waals surface area contributed by atoms with Gasteiger partial charge in [-0.05, 0) is 44.4 Å². The molecule has 9 heteroatoms. The molecule has 176 valence electrons. The molecule has 2 saturated heterocycles. The zero-order valence-electron chi connectivity index (χ0n) is 19.0. The van der Waals surface area contributed by atoms with Gasteiger partial charge in [-0.15, -0.1) is 6.58 Å². The van der Waals surface area contributed by atoms with E-state index in [0.29, 0.717) is 44.8 Å². The van der Waals surface area contributed by atoms with Crippen LogP contribution in [0.15, 0.2) is 35.7 Å². The van der Waals surface area contributed by atoms with Crippen LogP contribution in [0.2, 0.25) is 0 Å². The van der Waals surface area contributed by atoms with Crippen LogP contribution in [-0.2, 0) is 14.8 Å². The molecule has 2 aliphatic heterocycles. The fraction of sp³-hybridized carbons (Fsp3) is 0.565. The van der Waals surface area contributed by atoms with Crippen molar-refractivity contribution in [3.05, 3.63) is 42.0 Å². The molecule has 0 radical (unpaired) electrons. The van der Waals surface area contributed by atoms with Gasteiger partial charge in [0.1, 0.15) is 0 Å². The molecule has 2 amide bonds. The van der Waals surface area contributed by atoms with Crippen LogP contribution in [0.25, 0.3) is 0 Å². The lowest BCUT2D eigenvalue weighted by Crippen LogP contribution is -2.51. The number of carbonyl (C=O) groups excluding carboxylic acids is 2. The molecule has 8 nitrogen and oxygen atoms in total. The van der Waals surface area contributed by atoms with Crippen molar-refractivity contribution in [1.82, 2.24) is 19.4 Å². The fourth-order valence-electron chi connectivity index (χ4n) is 4.28. The Morgan fingerprint density at radius 2 is 1.88 bits per heavy atom. The van der Waals surface area contributed by atoms with Gasteiger partial charge in [0.2, 0.25) is 15.9 Å². The van der Waals surface area contributed by atoms with Crippen LogP contribution in [0.5, 0.6) is 0 Å². The van der Waals surface area contributed by atoms with Crippen molar-refractivity contribution in [1.29, 1.82) is 0 Å². The van der Waals surface area contributed by atoms with E-state index in [0.717, 1.165) is 24.8 Å². The number of rotatable bonds is 7. The van der Waals surface area contributed by atoms with Crippen LogP contribution < -0.4 is 5.32 Å². The standard InChI is InChI=1S/C23H34N4O4S/c1-4-10-24-22(28)17-25-12-14-26(15-13-25)23(29)21-16-20(9-8-18(21)2)32(30,31)27-11-6-5-7-19(27)3/h4,8-9,16,19H,1,5-7,10-15,17H2,2-3H3,(H,24,28). The summed E-state index contributed by atoms with van der Waals surface area (Å²) in [5, 5.41) is 2.76. The van der Waals surface area contributed by atoms with Gasteiger partial charge >= 0.3 is 0 Å². The van der Waals surface area contributed by atoms with Crippen molar-refractivity contribution in [2.24, 2.45) is 0 Å². The van der Waals surface area contributed by atoms with Crippen LogP contribution in [0, 0.1) is 6.92 Å².